The lowest BCUT2D eigenvalue weighted by Crippen LogP contribution is -2.38. The van der Waals surface area contributed by atoms with E-state index >= 15 is 0 Å². The van der Waals surface area contributed by atoms with E-state index in [4.69, 9.17) is 9.40 Å². The maximum Gasteiger partial charge on any atom is 0.267 e. The Morgan fingerprint density at radius 2 is 1.85 bits per heavy atom. The van der Waals surface area contributed by atoms with Crippen LogP contribution in [0, 0.1) is 17.0 Å². The predicted molar refractivity (Wildman–Crippen MR) is 115 cm³/mol. The van der Waals surface area contributed by atoms with Crippen molar-refractivity contribution in [2.75, 3.05) is 0 Å². The van der Waals surface area contributed by atoms with Gasteiger partial charge in [0.25, 0.3) is 5.89 Å². The summed E-state index contributed by atoms with van der Waals surface area (Å²) in [5, 5.41) is 25.7. The minimum atomic E-state index is -0.674. The molecule has 4 aromatic rings. The highest BCUT2D eigenvalue weighted by Crippen LogP contribution is 2.69. The average molecular weight is 462 g/mol. The second-order valence-electron chi connectivity index (χ2n) is 9.30. The SMILES string of the molecule is CC1(C)[C@H]2CC[C@]1(c1cncc(-c3nnc(CO)o3)n1)c1nnc(-c3c(F)cccc3F)cc12. The number of aliphatic hydroxyl groups excluding tert-OH is 1. The van der Waals surface area contributed by atoms with Crippen LogP contribution in [-0.4, -0.2) is 35.5 Å². The molecule has 8 nitrogen and oxygen atoms in total. The number of halogens is 2. The van der Waals surface area contributed by atoms with Crippen LogP contribution in [-0.2, 0) is 12.0 Å². The number of benzene rings is 1. The number of aromatic nitrogens is 6. The Morgan fingerprint density at radius 3 is 2.59 bits per heavy atom. The van der Waals surface area contributed by atoms with Gasteiger partial charge in [0.1, 0.15) is 23.9 Å². The number of nitrogens with zero attached hydrogens (tertiary/aromatic N) is 6. The molecule has 0 aliphatic heterocycles. The van der Waals surface area contributed by atoms with Crippen molar-refractivity contribution in [3.63, 3.8) is 0 Å². The largest absolute Gasteiger partial charge is 0.417 e. The molecule has 2 aliphatic carbocycles. The molecule has 2 atom stereocenters. The minimum absolute atomic E-state index is 0.0895. The first-order valence-corrected chi connectivity index (χ1v) is 11.0. The van der Waals surface area contributed by atoms with E-state index in [0.29, 0.717) is 11.4 Å². The summed E-state index contributed by atoms with van der Waals surface area (Å²) in [6, 6.07) is 5.52. The Balaban J connectivity index is 1.51. The average Bonchev–Trinajstić information content (AvgIpc) is 3.47. The molecule has 0 radical (unpaired) electrons. The van der Waals surface area contributed by atoms with Crippen molar-refractivity contribution in [3.8, 4) is 22.8 Å². The Bertz CT molecular complexity index is 1420. The van der Waals surface area contributed by atoms with Crippen LogP contribution in [0.1, 0.15) is 55.4 Å². The van der Waals surface area contributed by atoms with Gasteiger partial charge in [0.2, 0.25) is 5.89 Å². The molecule has 1 aromatic carbocycles. The van der Waals surface area contributed by atoms with E-state index in [1.807, 2.05) is 0 Å². The number of hydrogen-bond donors (Lipinski definition) is 1. The fourth-order valence-electron chi connectivity index (χ4n) is 5.85. The molecule has 2 bridgehead atoms. The fraction of sp³-hybridized carbons (Fsp3) is 0.333. The summed E-state index contributed by atoms with van der Waals surface area (Å²) >= 11 is 0. The monoisotopic (exact) mass is 462 g/mol. The standard InChI is InChI=1S/C24H20F2N6O2/c1-23(2)13-6-7-24(23,18-10-27-9-17(28-18)22-32-30-19(11-33)34-22)21-12(13)8-16(29-31-21)20-14(25)4-3-5-15(20)26/h3-5,8-10,13,33H,6-7,11H2,1-2H3/t13-,24-/m0/s1. The molecular formula is C24H20F2N6O2. The summed E-state index contributed by atoms with van der Waals surface area (Å²) in [7, 11) is 0. The lowest BCUT2D eigenvalue weighted by atomic mass is 9.66. The second kappa shape index (κ2) is 7.17. The smallest absolute Gasteiger partial charge is 0.267 e. The molecule has 10 heteroatoms. The zero-order chi connectivity index (χ0) is 23.7. The minimum Gasteiger partial charge on any atom is -0.417 e. The van der Waals surface area contributed by atoms with Crippen LogP contribution in [0.2, 0.25) is 0 Å². The Labute approximate surface area is 193 Å². The van der Waals surface area contributed by atoms with Crippen LogP contribution in [0.15, 0.2) is 41.1 Å². The van der Waals surface area contributed by atoms with Gasteiger partial charge in [0, 0.05) is 6.20 Å². The summed E-state index contributed by atoms with van der Waals surface area (Å²) in [6.07, 6.45) is 4.88. The highest BCUT2D eigenvalue weighted by molar-refractivity contribution is 5.64. The van der Waals surface area contributed by atoms with Crippen LogP contribution >= 0.6 is 0 Å². The molecule has 172 valence electrons. The van der Waals surface area contributed by atoms with E-state index in [2.05, 4.69) is 39.2 Å². The second-order valence-corrected chi connectivity index (χ2v) is 9.30. The van der Waals surface area contributed by atoms with Gasteiger partial charge in [-0.25, -0.2) is 13.8 Å². The van der Waals surface area contributed by atoms with Gasteiger partial charge in [-0.05, 0) is 47.9 Å². The molecule has 3 heterocycles. The van der Waals surface area contributed by atoms with Crippen molar-refractivity contribution < 1.29 is 18.3 Å². The molecule has 0 spiro atoms. The van der Waals surface area contributed by atoms with Gasteiger partial charge in [-0.2, -0.15) is 5.10 Å². The summed E-state index contributed by atoms with van der Waals surface area (Å²) in [4.78, 5) is 9.20. The van der Waals surface area contributed by atoms with Gasteiger partial charge in [0.15, 0.2) is 0 Å². The molecular weight excluding hydrogens is 442 g/mol. The third-order valence-electron chi connectivity index (χ3n) is 7.49. The van der Waals surface area contributed by atoms with Crippen molar-refractivity contribution in [3.05, 3.63) is 71.1 Å². The molecule has 1 N–H and O–H groups in total. The third kappa shape index (κ3) is 2.65. The van der Waals surface area contributed by atoms with Crippen molar-refractivity contribution >= 4 is 0 Å². The molecule has 0 saturated heterocycles. The van der Waals surface area contributed by atoms with Crippen LogP contribution in [0.3, 0.4) is 0 Å². The highest BCUT2D eigenvalue weighted by Gasteiger charge is 2.65. The van der Waals surface area contributed by atoms with Gasteiger partial charge in [-0.15, -0.1) is 15.3 Å². The number of hydrogen-bond acceptors (Lipinski definition) is 8. The van der Waals surface area contributed by atoms with E-state index in [-0.39, 0.29) is 41.0 Å². The van der Waals surface area contributed by atoms with Crippen LogP contribution in [0.4, 0.5) is 8.78 Å². The fourth-order valence-corrected chi connectivity index (χ4v) is 5.85. The van der Waals surface area contributed by atoms with Crippen molar-refractivity contribution in [1.29, 1.82) is 0 Å². The molecule has 1 saturated carbocycles. The zero-order valence-corrected chi connectivity index (χ0v) is 18.5. The summed E-state index contributed by atoms with van der Waals surface area (Å²) in [5.74, 6) is -0.983. The van der Waals surface area contributed by atoms with Crippen molar-refractivity contribution in [1.82, 2.24) is 30.4 Å². The summed E-state index contributed by atoms with van der Waals surface area (Å²) in [5.41, 5.74) is 1.88. The maximum atomic E-state index is 14.4. The van der Waals surface area contributed by atoms with E-state index in [1.165, 1.54) is 24.4 Å². The topological polar surface area (TPSA) is 111 Å². The molecule has 6 rings (SSSR count). The van der Waals surface area contributed by atoms with Gasteiger partial charge >= 0.3 is 0 Å². The number of rotatable bonds is 4. The van der Waals surface area contributed by atoms with Gasteiger partial charge in [0.05, 0.1) is 34.3 Å². The third-order valence-corrected chi connectivity index (χ3v) is 7.49. The number of fused-ring (bicyclic) bond motifs is 5. The molecule has 2 aliphatic rings. The van der Waals surface area contributed by atoms with Crippen LogP contribution in [0.5, 0.6) is 0 Å². The van der Waals surface area contributed by atoms with E-state index < -0.39 is 17.0 Å². The quantitative estimate of drug-likeness (QED) is 0.485. The first kappa shape index (κ1) is 20.9. The van der Waals surface area contributed by atoms with Crippen LogP contribution < -0.4 is 0 Å². The normalized spacial score (nSPS) is 22.2. The Hall–Kier alpha value is -3.66. The lowest BCUT2D eigenvalue weighted by Gasteiger charge is -2.37. The van der Waals surface area contributed by atoms with E-state index in [0.717, 1.165) is 24.1 Å². The van der Waals surface area contributed by atoms with Crippen molar-refractivity contribution in [2.24, 2.45) is 5.41 Å². The first-order chi connectivity index (χ1) is 16.4. The van der Waals surface area contributed by atoms with E-state index in [1.54, 1.807) is 12.3 Å². The maximum absolute atomic E-state index is 14.4. The zero-order valence-electron chi connectivity index (χ0n) is 18.5. The number of aliphatic hydroxyl groups is 1. The van der Waals surface area contributed by atoms with Gasteiger partial charge in [-0.3, -0.25) is 4.98 Å². The van der Waals surface area contributed by atoms with Gasteiger partial charge < -0.3 is 9.52 Å². The molecule has 1 fully saturated rings. The van der Waals surface area contributed by atoms with Crippen molar-refractivity contribution in [2.45, 2.75) is 44.6 Å². The summed E-state index contributed by atoms with van der Waals surface area (Å²) < 4.78 is 34.3. The van der Waals surface area contributed by atoms with Gasteiger partial charge in [-0.1, -0.05) is 19.9 Å². The summed E-state index contributed by atoms with van der Waals surface area (Å²) in [6.45, 7) is 3.94. The lowest BCUT2D eigenvalue weighted by molar-refractivity contribution is 0.240. The Kier molecular flexibility index (Phi) is 4.41. The highest BCUT2D eigenvalue weighted by atomic mass is 19.1. The molecule has 0 unspecified atom stereocenters. The van der Waals surface area contributed by atoms with Crippen LogP contribution in [0.25, 0.3) is 22.8 Å². The molecule has 3 aromatic heterocycles. The van der Waals surface area contributed by atoms with E-state index in [9.17, 15) is 13.9 Å². The molecule has 34 heavy (non-hydrogen) atoms. The Morgan fingerprint density at radius 1 is 1.06 bits per heavy atom. The molecule has 0 amide bonds. The predicted octanol–water partition coefficient (Wildman–Crippen LogP) is 3.96. The first-order valence-electron chi connectivity index (χ1n) is 11.0.